The highest BCUT2D eigenvalue weighted by atomic mass is 16.5. The predicted molar refractivity (Wildman–Crippen MR) is 70.7 cm³/mol. The summed E-state index contributed by atoms with van der Waals surface area (Å²) in [7, 11) is 0. The van der Waals surface area contributed by atoms with Gasteiger partial charge in [-0.15, -0.1) is 0 Å². The summed E-state index contributed by atoms with van der Waals surface area (Å²) in [6.45, 7) is 5.77. The lowest BCUT2D eigenvalue weighted by Gasteiger charge is -2.19. The van der Waals surface area contributed by atoms with E-state index in [9.17, 15) is 9.90 Å². The molecule has 0 aromatic heterocycles. The van der Waals surface area contributed by atoms with Crippen molar-refractivity contribution in [3.8, 4) is 11.5 Å². The van der Waals surface area contributed by atoms with Crippen molar-refractivity contribution < 1.29 is 14.6 Å². The zero-order valence-corrected chi connectivity index (χ0v) is 11.1. The van der Waals surface area contributed by atoms with Crippen LogP contribution in [0.3, 0.4) is 0 Å². The number of aromatic hydroxyl groups is 1. The van der Waals surface area contributed by atoms with Crippen molar-refractivity contribution in [2.45, 2.75) is 45.8 Å². The SMILES string of the molecule is CCC(CC)NC(=O)C(C)Oc1cccc(O)c1. The van der Waals surface area contributed by atoms with Crippen LogP contribution in [0.2, 0.25) is 0 Å². The Kier molecular flexibility index (Phi) is 5.49. The summed E-state index contributed by atoms with van der Waals surface area (Å²) < 4.78 is 5.47. The minimum absolute atomic E-state index is 0.125. The van der Waals surface area contributed by atoms with Crippen molar-refractivity contribution in [3.63, 3.8) is 0 Å². The third kappa shape index (κ3) is 4.28. The molecule has 100 valence electrons. The molecule has 0 aliphatic carbocycles. The van der Waals surface area contributed by atoms with Crippen molar-refractivity contribution in [1.29, 1.82) is 0 Å². The quantitative estimate of drug-likeness (QED) is 0.816. The molecule has 0 saturated carbocycles. The fraction of sp³-hybridized carbons (Fsp3) is 0.500. The minimum Gasteiger partial charge on any atom is -0.508 e. The second-order valence-corrected chi connectivity index (χ2v) is 4.28. The summed E-state index contributed by atoms with van der Waals surface area (Å²) in [5, 5.41) is 12.2. The molecule has 1 atom stereocenters. The van der Waals surface area contributed by atoms with Gasteiger partial charge in [0.2, 0.25) is 0 Å². The van der Waals surface area contributed by atoms with Crippen molar-refractivity contribution in [3.05, 3.63) is 24.3 Å². The number of rotatable bonds is 6. The summed E-state index contributed by atoms with van der Waals surface area (Å²) >= 11 is 0. The van der Waals surface area contributed by atoms with Crippen LogP contribution in [-0.2, 0) is 4.79 Å². The van der Waals surface area contributed by atoms with Crippen LogP contribution < -0.4 is 10.1 Å². The van der Waals surface area contributed by atoms with Gasteiger partial charge in [-0.25, -0.2) is 0 Å². The molecule has 18 heavy (non-hydrogen) atoms. The van der Waals surface area contributed by atoms with Crippen molar-refractivity contribution in [2.75, 3.05) is 0 Å². The Morgan fingerprint density at radius 1 is 1.39 bits per heavy atom. The maximum atomic E-state index is 11.9. The van der Waals surface area contributed by atoms with Gasteiger partial charge >= 0.3 is 0 Å². The van der Waals surface area contributed by atoms with E-state index in [1.54, 1.807) is 25.1 Å². The molecule has 1 unspecified atom stereocenters. The number of hydrogen-bond donors (Lipinski definition) is 2. The van der Waals surface area contributed by atoms with Crippen molar-refractivity contribution in [1.82, 2.24) is 5.32 Å². The average Bonchev–Trinajstić information content (AvgIpc) is 2.35. The highest BCUT2D eigenvalue weighted by molar-refractivity contribution is 5.81. The van der Waals surface area contributed by atoms with Gasteiger partial charge in [0.25, 0.3) is 5.91 Å². The van der Waals surface area contributed by atoms with E-state index in [1.807, 2.05) is 13.8 Å². The van der Waals surface area contributed by atoms with E-state index in [1.165, 1.54) is 6.07 Å². The average molecular weight is 251 g/mol. The number of phenolic OH excluding ortho intramolecular Hbond substituents is 1. The molecular weight excluding hydrogens is 230 g/mol. The molecule has 0 spiro atoms. The molecule has 1 aromatic rings. The molecule has 1 aromatic carbocycles. The van der Waals surface area contributed by atoms with Crippen LogP contribution in [0.15, 0.2) is 24.3 Å². The number of carbonyl (C=O) groups excluding carboxylic acids is 1. The van der Waals surface area contributed by atoms with Crippen LogP contribution in [0, 0.1) is 0 Å². The summed E-state index contributed by atoms with van der Waals surface area (Å²) in [6, 6.07) is 6.62. The van der Waals surface area contributed by atoms with Gasteiger partial charge in [-0.1, -0.05) is 19.9 Å². The largest absolute Gasteiger partial charge is 0.508 e. The summed E-state index contributed by atoms with van der Waals surface area (Å²) in [5.41, 5.74) is 0. The van der Waals surface area contributed by atoms with Crippen molar-refractivity contribution in [2.24, 2.45) is 0 Å². The molecule has 2 N–H and O–H groups in total. The van der Waals surface area contributed by atoms with E-state index >= 15 is 0 Å². The maximum absolute atomic E-state index is 11.9. The first kappa shape index (κ1) is 14.4. The number of phenols is 1. The third-order valence-electron chi connectivity index (χ3n) is 2.83. The lowest BCUT2D eigenvalue weighted by molar-refractivity contribution is -0.128. The third-order valence-corrected chi connectivity index (χ3v) is 2.83. The van der Waals surface area contributed by atoms with Crippen LogP contribution in [0.1, 0.15) is 33.6 Å². The van der Waals surface area contributed by atoms with E-state index < -0.39 is 6.10 Å². The standard InChI is InChI=1S/C14H21NO3/c1-4-11(5-2)15-14(17)10(3)18-13-8-6-7-12(16)9-13/h6-11,16H,4-5H2,1-3H3,(H,15,17). The van der Waals surface area contributed by atoms with Crippen LogP contribution >= 0.6 is 0 Å². The van der Waals surface area contributed by atoms with Gasteiger partial charge in [0.1, 0.15) is 11.5 Å². The van der Waals surface area contributed by atoms with Crippen LogP contribution in [-0.4, -0.2) is 23.2 Å². The number of hydrogen-bond acceptors (Lipinski definition) is 3. The van der Waals surface area contributed by atoms with Crippen LogP contribution in [0.4, 0.5) is 0 Å². The molecule has 4 nitrogen and oxygen atoms in total. The zero-order chi connectivity index (χ0) is 13.5. The summed E-state index contributed by atoms with van der Waals surface area (Å²) in [6.07, 6.45) is 1.23. The molecule has 0 bridgehead atoms. The number of nitrogens with one attached hydrogen (secondary N) is 1. The maximum Gasteiger partial charge on any atom is 0.260 e. The molecule has 1 amide bonds. The molecule has 0 aliphatic heterocycles. The summed E-state index contributed by atoms with van der Waals surface area (Å²) in [4.78, 5) is 11.9. The highest BCUT2D eigenvalue weighted by Gasteiger charge is 2.17. The van der Waals surface area contributed by atoms with Crippen LogP contribution in [0.5, 0.6) is 11.5 Å². The minimum atomic E-state index is -0.576. The second kappa shape index (κ2) is 6.89. The lowest BCUT2D eigenvalue weighted by atomic mass is 10.1. The number of carbonyl (C=O) groups is 1. The van der Waals surface area contributed by atoms with Crippen molar-refractivity contribution >= 4 is 5.91 Å². The smallest absolute Gasteiger partial charge is 0.260 e. The zero-order valence-electron chi connectivity index (χ0n) is 11.1. The molecule has 0 aliphatic rings. The van der Waals surface area contributed by atoms with Gasteiger partial charge in [0.15, 0.2) is 6.10 Å². The molecule has 0 fully saturated rings. The van der Waals surface area contributed by atoms with Gasteiger partial charge in [0.05, 0.1) is 0 Å². The Morgan fingerprint density at radius 3 is 2.61 bits per heavy atom. The molecule has 4 heteroatoms. The molecule has 0 radical (unpaired) electrons. The number of ether oxygens (including phenoxy) is 1. The van der Waals surface area contributed by atoms with E-state index in [2.05, 4.69) is 5.32 Å². The Labute approximate surface area is 108 Å². The van der Waals surface area contributed by atoms with Gasteiger partial charge in [-0.3, -0.25) is 4.79 Å². The fourth-order valence-corrected chi connectivity index (χ4v) is 1.63. The molecule has 0 heterocycles. The van der Waals surface area contributed by atoms with E-state index in [0.29, 0.717) is 5.75 Å². The monoisotopic (exact) mass is 251 g/mol. The Balaban J connectivity index is 2.54. The Bertz CT molecular complexity index is 388. The normalized spacial score (nSPS) is 12.2. The first-order valence-electron chi connectivity index (χ1n) is 6.32. The second-order valence-electron chi connectivity index (χ2n) is 4.28. The first-order valence-corrected chi connectivity index (χ1v) is 6.32. The predicted octanol–water partition coefficient (Wildman–Crippen LogP) is 2.46. The Hall–Kier alpha value is -1.71. The first-order chi connectivity index (χ1) is 8.56. The van der Waals surface area contributed by atoms with E-state index in [0.717, 1.165) is 12.8 Å². The highest BCUT2D eigenvalue weighted by Crippen LogP contribution is 2.18. The number of amides is 1. The van der Waals surface area contributed by atoms with E-state index in [4.69, 9.17) is 4.74 Å². The molecule has 1 rings (SSSR count). The van der Waals surface area contributed by atoms with E-state index in [-0.39, 0.29) is 17.7 Å². The molecular formula is C14H21NO3. The van der Waals surface area contributed by atoms with Gasteiger partial charge in [0, 0.05) is 12.1 Å². The molecule has 0 saturated heterocycles. The topological polar surface area (TPSA) is 58.6 Å². The Morgan fingerprint density at radius 2 is 2.06 bits per heavy atom. The van der Waals surface area contributed by atoms with Crippen LogP contribution in [0.25, 0.3) is 0 Å². The summed E-state index contributed by atoms with van der Waals surface area (Å²) in [5.74, 6) is 0.481. The van der Waals surface area contributed by atoms with Gasteiger partial charge < -0.3 is 15.2 Å². The van der Waals surface area contributed by atoms with Gasteiger partial charge in [-0.2, -0.15) is 0 Å². The van der Waals surface area contributed by atoms with Gasteiger partial charge in [-0.05, 0) is 31.9 Å². The number of benzene rings is 1. The fourth-order valence-electron chi connectivity index (χ4n) is 1.63. The lowest BCUT2D eigenvalue weighted by Crippen LogP contribution is -2.42.